The van der Waals surface area contributed by atoms with Gasteiger partial charge in [-0.05, 0) is 37.2 Å². The zero-order valence-electron chi connectivity index (χ0n) is 11.3. The number of halogens is 4. The quantitative estimate of drug-likeness (QED) is 0.565. The van der Waals surface area contributed by atoms with Crippen molar-refractivity contribution in [1.82, 2.24) is 9.97 Å². The molecule has 0 amide bonds. The minimum atomic E-state index is -4.29. The second-order valence-corrected chi connectivity index (χ2v) is 5.83. The highest BCUT2D eigenvalue weighted by molar-refractivity contribution is 8.00. The van der Waals surface area contributed by atoms with Crippen molar-refractivity contribution in [3.05, 3.63) is 40.7 Å². The number of thioether (sulfide) groups is 1. The maximum Gasteiger partial charge on any atom is 0.446 e. The van der Waals surface area contributed by atoms with Crippen LogP contribution in [0.4, 0.5) is 13.2 Å². The fourth-order valence-electron chi connectivity index (χ4n) is 1.81. The number of alkyl halides is 3. The molecule has 0 aliphatic heterocycles. The third-order valence-electron chi connectivity index (χ3n) is 2.87. The van der Waals surface area contributed by atoms with Gasteiger partial charge in [-0.1, -0.05) is 30.7 Å². The van der Waals surface area contributed by atoms with Gasteiger partial charge in [0, 0.05) is 21.7 Å². The Balaban J connectivity index is 2.33. The molecule has 0 saturated carbocycles. The Bertz CT molecular complexity index is 642. The van der Waals surface area contributed by atoms with Gasteiger partial charge in [0.2, 0.25) is 0 Å². The fraction of sp³-hybridized carbons (Fsp3) is 0.286. The van der Waals surface area contributed by atoms with Gasteiger partial charge < -0.3 is 0 Å². The molecule has 1 aromatic heterocycles. The number of aryl methyl sites for hydroxylation is 1. The molecular weight excluding hydrogens is 321 g/mol. The molecule has 2 nitrogen and oxygen atoms in total. The molecule has 0 atom stereocenters. The summed E-state index contributed by atoms with van der Waals surface area (Å²) in [6.07, 6.45) is 0.711. The molecule has 0 bridgehead atoms. The van der Waals surface area contributed by atoms with Crippen LogP contribution in [0.15, 0.2) is 29.2 Å². The molecule has 2 rings (SSSR count). The Morgan fingerprint density at radius 3 is 2.29 bits per heavy atom. The Morgan fingerprint density at radius 2 is 1.76 bits per heavy atom. The van der Waals surface area contributed by atoms with Crippen LogP contribution in [0, 0.1) is 6.92 Å². The summed E-state index contributed by atoms with van der Waals surface area (Å²) in [5.41, 5.74) is -2.00. The van der Waals surface area contributed by atoms with Crippen LogP contribution in [0.5, 0.6) is 0 Å². The molecule has 0 aliphatic rings. The largest absolute Gasteiger partial charge is 0.446 e. The van der Waals surface area contributed by atoms with Crippen molar-refractivity contribution in [2.75, 3.05) is 0 Å². The molecule has 112 valence electrons. The van der Waals surface area contributed by atoms with E-state index in [1.165, 1.54) is 12.1 Å². The average molecular weight is 333 g/mol. The van der Waals surface area contributed by atoms with E-state index in [1.54, 1.807) is 12.1 Å². The van der Waals surface area contributed by atoms with Crippen molar-refractivity contribution in [2.24, 2.45) is 0 Å². The molecule has 0 N–H and O–H groups in total. The molecule has 0 aliphatic carbocycles. The van der Waals surface area contributed by atoms with Gasteiger partial charge in [0.15, 0.2) is 5.82 Å². The summed E-state index contributed by atoms with van der Waals surface area (Å²) < 4.78 is 36.8. The summed E-state index contributed by atoms with van der Waals surface area (Å²) in [6.45, 7) is 3.80. The predicted octanol–water partition coefficient (Wildman–Crippen LogP) is 5.28. The molecule has 1 aromatic carbocycles. The molecule has 0 fully saturated rings. The van der Waals surface area contributed by atoms with Crippen molar-refractivity contribution < 1.29 is 13.2 Å². The van der Waals surface area contributed by atoms with Crippen LogP contribution >= 0.6 is 23.4 Å². The first-order valence-electron chi connectivity index (χ1n) is 6.19. The molecular formula is C14H12ClF3N2S. The van der Waals surface area contributed by atoms with Gasteiger partial charge in [0.25, 0.3) is 0 Å². The molecule has 0 unspecified atom stereocenters. The van der Waals surface area contributed by atoms with Crippen LogP contribution in [-0.4, -0.2) is 15.5 Å². The van der Waals surface area contributed by atoms with E-state index in [0.717, 1.165) is 11.3 Å². The molecule has 21 heavy (non-hydrogen) atoms. The van der Waals surface area contributed by atoms with E-state index >= 15 is 0 Å². The molecule has 0 spiro atoms. The first kappa shape index (κ1) is 16.1. The molecule has 2 aromatic rings. The minimum absolute atomic E-state index is 0.125. The lowest BCUT2D eigenvalue weighted by atomic mass is 10.1. The summed E-state index contributed by atoms with van der Waals surface area (Å²) in [4.78, 5) is 8.71. The van der Waals surface area contributed by atoms with E-state index in [4.69, 9.17) is 11.6 Å². The second kappa shape index (κ2) is 6.23. The maximum absolute atomic E-state index is 12.3. The van der Waals surface area contributed by atoms with Crippen LogP contribution < -0.4 is 0 Å². The fourth-order valence-corrected chi connectivity index (χ4v) is 2.54. The zero-order chi connectivity index (χ0) is 15.6. The van der Waals surface area contributed by atoms with Gasteiger partial charge in [-0.25, -0.2) is 9.97 Å². The Morgan fingerprint density at radius 1 is 1.14 bits per heavy atom. The zero-order valence-corrected chi connectivity index (χ0v) is 12.9. The highest BCUT2D eigenvalue weighted by Gasteiger charge is 2.29. The van der Waals surface area contributed by atoms with E-state index in [2.05, 4.69) is 9.97 Å². The van der Waals surface area contributed by atoms with E-state index in [1.807, 2.05) is 13.8 Å². The van der Waals surface area contributed by atoms with Gasteiger partial charge in [-0.15, -0.1) is 0 Å². The lowest BCUT2D eigenvalue weighted by Crippen LogP contribution is -2.00. The van der Waals surface area contributed by atoms with Gasteiger partial charge in [-0.2, -0.15) is 13.2 Å². The number of hydrogen-bond donors (Lipinski definition) is 0. The summed E-state index contributed by atoms with van der Waals surface area (Å²) in [5, 5.41) is 0.366. The highest BCUT2D eigenvalue weighted by atomic mass is 35.5. The summed E-state index contributed by atoms with van der Waals surface area (Å²) in [5.74, 6) is 0.422. The third-order valence-corrected chi connectivity index (χ3v) is 3.98. The second-order valence-electron chi connectivity index (χ2n) is 4.34. The van der Waals surface area contributed by atoms with Crippen molar-refractivity contribution in [1.29, 1.82) is 0 Å². The van der Waals surface area contributed by atoms with Crippen LogP contribution in [0.1, 0.15) is 18.2 Å². The van der Waals surface area contributed by atoms with Crippen molar-refractivity contribution in [2.45, 2.75) is 30.7 Å². The normalized spacial score (nSPS) is 11.7. The lowest BCUT2D eigenvalue weighted by Gasteiger charge is -2.09. The van der Waals surface area contributed by atoms with Crippen LogP contribution in [0.3, 0.4) is 0 Å². The van der Waals surface area contributed by atoms with Gasteiger partial charge in [0.05, 0.1) is 0 Å². The smallest absolute Gasteiger partial charge is 0.233 e. The van der Waals surface area contributed by atoms with Gasteiger partial charge in [0.1, 0.15) is 5.15 Å². The van der Waals surface area contributed by atoms with Crippen LogP contribution in [-0.2, 0) is 6.42 Å². The van der Waals surface area contributed by atoms with E-state index in [9.17, 15) is 13.2 Å². The molecule has 0 saturated heterocycles. The monoisotopic (exact) mass is 332 g/mol. The first-order valence-corrected chi connectivity index (χ1v) is 7.39. The van der Waals surface area contributed by atoms with Crippen molar-refractivity contribution >= 4 is 23.4 Å². The Hall–Kier alpha value is -1.27. The summed E-state index contributed by atoms with van der Waals surface area (Å²) >= 11 is 5.91. The van der Waals surface area contributed by atoms with Crippen LogP contribution in [0.25, 0.3) is 11.4 Å². The molecule has 7 heteroatoms. The standard InChI is InChI=1S/C14H12ClF3N2S/c1-3-11-8(2)12(15)20-13(19-11)9-4-6-10(7-5-9)21-14(16,17)18/h4-7H,3H2,1-2H3. The maximum atomic E-state index is 12.3. The summed E-state index contributed by atoms with van der Waals surface area (Å²) in [6, 6.07) is 5.93. The number of rotatable bonds is 3. The first-order chi connectivity index (χ1) is 9.80. The topological polar surface area (TPSA) is 25.8 Å². The Kier molecular flexibility index (Phi) is 4.78. The highest BCUT2D eigenvalue weighted by Crippen LogP contribution is 2.37. The van der Waals surface area contributed by atoms with Crippen molar-refractivity contribution in [3.8, 4) is 11.4 Å². The third kappa shape index (κ3) is 4.11. The number of aromatic nitrogens is 2. The number of hydrogen-bond acceptors (Lipinski definition) is 3. The predicted molar refractivity (Wildman–Crippen MR) is 78.5 cm³/mol. The Labute approximate surface area is 129 Å². The number of benzene rings is 1. The molecule has 1 heterocycles. The molecule has 0 radical (unpaired) electrons. The van der Waals surface area contributed by atoms with Crippen LogP contribution in [0.2, 0.25) is 5.15 Å². The van der Waals surface area contributed by atoms with Gasteiger partial charge in [-0.3, -0.25) is 0 Å². The summed E-state index contributed by atoms with van der Waals surface area (Å²) in [7, 11) is 0. The van der Waals surface area contributed by atoms with E-state index in [-0.39, 0.29) is 16.7 Å². The lowest BCUT2D eigenvalue weighted by molar-refractivity contribution is -0.0328. The van der Waals surface area contributed by atoms with E-state index < -0.39 is 5.51 Å². The minimum Gasteiger partial charge on any atom is -0.233 e. The number of nitrogens with zero attached hydrogens (tertiary/aromatic N) is 2. The average Bonchev–Trinajstić information content (AvgIpc) is 2.41. The SMILES string of the molecule is CCc1nc(-c2ccc(SC(F)(F)F)cc2)nc(Cl)c1C. The van der Waals surface area contributed by atoms with Crippen molar-refractivity contribution in [3.63, 3.8) is 0 Å². The van der Waals surface area contributed by atoms with Gasteiger partial charge >= 0.3 is 5.51 Å². The van der Waals surface area contributed by atoms with E-state index in [0.29, 0.717) is 23.0 Å².